The van der Waals surface area contributed by atoms with Crippen molar-refractivity contribution in [3.8, 4) is 0 Å². The van der Waals surface area contributed by atoms with Crippen molar-refractivity contribution in [2.75, 3.05) is 40.0 Å². The van der Waals surface area contributed by atoms with Gasteiger partial charge in [0.15, 0.2) is 5.96 Å². The van der Waals surface area contributed by atoms with Crippen LogP contribution in [0.25, 0.3) is 0 Å². The Balaban J connectivity index is 0.00000625. The van der Waals surface area contributed by atoms with Gasteiger partial charge in [-0.1, -0.05) is 43.2 Å². The van der Waals surface area contributed by atoms with E-state index in [4.69, 9.17) is 14.5 Å². The Labute approximate surface area is 176 Å². The molecule has 0 bridgehead atoms. The van der Waals surface area contributed by atoms with Crippen LogP contribution < -0.4 is 10.6 Å². The molecular weight excluding hydrogens is 441 g/mol. The lowest BCUT2D eigenvalue weighted by Crippen LogP contribution is -2.38. The predicted octanol–water partition coefficient (Wildman–Crippen LogP) is 3.89. The van der Waals surface area contributed by atoms with Crippen LogP contribution in [0.1, 0.15) is 43.7 Å². The fraction of sp³-hybridized carbons (Fsp3) is 0.650. The van der Waals surface area contributed by atoms with E-state index in [9.17, 15) is 0 Å². The maximum Gasteiger partial charge on any atom is 0.191 e. The zero-order valence-electron chi connectivity index (χ0n) is 16.6. The molecule has 0 aromatic heterocycles. The molecule has 0 heterocycles. The molecule has 0 amide bonds. The molecule has 1 aromatic carbocycles. The van der Waals surface area contributed by atoms with Crippen molar-refractivity contribution in [1.29, 1.82) is 0 Å². The summed E-state index contributed by atoms with van der Waals surface area (Å²) in [6.45, 7) is 8.97. The highest BCUT2D eigenvalue weighted by atomic mass is 127. The second-order valence-electron chi connectivity index (χ2n) is 6.17. The molecule has 26 heavy (non-hydrogen) atoms. The van der Waals surface area contributed by atoms with Gasteiger partial charge in [-0.2, -0.15) is 0 Å². The summed E-state index contributed by atoms with van der Waals surface area (Å²) in [5, 5.41) is 6.83. The molecule has 6 heteroatoms. The van der Waals surface area contributed by atoms with Crippen molar-refractivity contribution in [2.45, 2.75) is 46.1 Å². The standard InChI is InChI=1S/C20H35N3O2.HI/c1-4-5-12-21-20(22-13-6-7-14-25-16-15-24-3)23-17-19-10-8-18(2)9-11-19;/h8-11H,4-7,12-17H2,1-3H3,(H2,21,22,23);1H. The van der Waals surface area contributed by atoms with Gasteiger partial charge in [0.25, 0.3) is 0 Å². The summed E-state index contributed by atoms with van der Waals surface area (Å²) in [6, 6.07) is 8.54. The Bertz CT molecular complexity index is 467. The average molecular weight is 477 g/mol. The molecule has 0 atom stereocenters. The number of halogens is 1. The van der Waals surface area contributed by atoms with Crippen LogP contribution in [0.15, 0.2) is 29.3 Å². The monoisotopic (exact) mass is 477 g/mol. The zero-order valence-corrected chi connectivity index (χ0v) is 18.9. The summed E-state index contributed by atoms with van der Waals surface area (Å²) in [6.07, 6.45) is 4.43. The molecule has 0 aliphatic rings. The smallest absolute Gasteiger partial charge is 0.191 e. The van der Waals surface area contributed by atoms with E-state index >= 15 is 0 Å². The van der Waals surface area contributed by atoms with Crippen LogP contribution in [0.3, 0.4) is 0 Å². The highest BCUT2D eigenvalue weighted by molar-refractivity contribution is 14.0. The van der Waals surface area contributed by atoms with Gasteiger partial charge in [0, 0.05) is 26.8 Å². The van der Waals surface area contributed by atoms with Gasteiger partial charge in [-0.05, 0) is 31.7 Å². The van der Waals surface area contributed by atoms with E-state index in [1.165, 1.54) is 17.5 Å². The quantitative estimate of drug-likeness (QED) is 0.196. The zero-order chi connectivity index (χ0) is 18.2. The predicted molar refractivity (Wildman–Crippen MR) is 121 cm³/mol. The fourth-order valence-electron chi connectivity index (χ4n) is 2.20. The topological polar surface area (TPSA) is 54.9 Å². The van der Waals surface area contributed by atoms with Crippen LogP contribution in [0, 0.1) is 6.92 Å². The molecule has 0 fully saturated rings. The molecule has 0 saturated carbocycles. The molecular formula is C20H36IN3O2. The molecule has 1 rings (SSSR count). The third-order valence-corrected chi connectivity index (χ3v) is 3.80. The van der Waals surface area contributed by atoms with Crippen molar-refractivity contribution in [1.82, 2.24) is 10.6 Å². The van der Waals surface area contributed by atoms with Crippen molar-refractivity contribution in [2.24, 2.45) is 4.99 Å². The van der Waals surface area contributed by atoms with Crippen LogP contribution in [0.4, 0.5) is 0 Å². The molecule has 0 radical (unpaired) electrons. The minimum absolute atomic E-state index is 0. The maximum atomic E-state index is 5.48. The Morgan fingerprint density at radius 3 is 2.31 bits per heavy atom. The van der Waals surface area contributed by atoms with Crippen LogP contribution >= 0.6 is 24.0 Å². The number of aryl methyl sites for hydroxylation is 1. The lowest BCUT2D eigenvalue weighted by Gasteiger charge is -2.12. The molecule has 0 aliphatic carbocycles. The van der Waals surface area contributed by atoms with Gasteiger partial charge in [-0.15, -0.1) is 24.0 Å². The van der Waals surface area contributed by atoms with Gasteiger partial charge in [0.05, 0.1) is 19.8 Å². The number of guanidine groups is 1. The van der Waals surface area contributed by atoms with Crippen molar-refractivity contribution < 1.29 is 9.47 Å². The molecule has 0 saturated heterocycles. The molecule has 150 valence electrons. The normalized spacial score (nSPS) is 11.1. The van der Waals surface area contributed by atoms with Crippen LogP contribution in [-0.2, 0) is 16.0 Å². The Hall–Kier alpha value is -0.860. The number of unbranched alkanes of at least 4 members (excludes halogenated alkanes) is 2. The molecule has 1 aromatic rings. The molecule has 2 N–H and O–H groups in total. The number of hydrogen-bond donors (Lipinski definition) is 2. The second-order valence-corrected chi connectivity index (χ2v) is 6.17. The summed E-state index contributed by atoms with van der Waals surface area (Å²) in [4.78, 5) is 4.70. The van der Waals surface area contributed by atoms with E-state index in [0.717, 1.165) is 44.9 Å². The van der Waals surface area contributed by atoms with E-state index in [0.29, 0.717) is 19.8 Å². The molecule has 5 nitrogen and oxygen atoms in total. The van der Waals surface area contributed by atoms with Crippen LogP contribution in [0.5, 0.6) is 0 Å². The number of ether oxygens (including phenoxy) is 2. The van der Waals surface area contributed by atoms with Gasteiger partial charge >= 0.3 is 0 Å². The summed E-state index contributed by atoms with van der Waals surface area (Å²) in [7, 11) is 1.69. The fourth-order valence-corrected chi connectivity index (χ4v) is 2.20. The van der Waals surface area contributed by atoms with Gasteiger partial charge in [-0.25, -0.2) is 4.99 Å². The van der Waals surface area contributed by atoms with Gasteiger partial charge in [0.2, 0.25) is 0 Å². The Morgan fingerprint density at radius 1 is 0.962 bits per heavy atom. The third kappa shape index (κ3) is 13.4. The lowest BCUT2D eigenvalue weighted by molar-refractivity contribution is 0.0689. The first-order valence-corrected chi connectivity index (χ1v) is 9.40. The van der Waals surface area contributed by atoms with E-state index < -0.39 is 0 Å². The highest BCUT2D eigenvalue weighted by Crippen LogP contribution is 2.04. The Morgan fingerprint density at radius 2 is 1.65 bits per heavy atom. The molecule has 0 unspecified atom stereocenters. The first-order chi connectivity index (χ1) is 12.3. The van der Waals surface area contributed by atoms with Crippen molar-refractivity contribution in [3.05, 3.63) is 35.4 Å². The van der Waals surface area contributed by atoms with Gasteiger partial charge in [-0.3, -0.25) is 0 Å². The summed E-state index contributed by atoms with van der Waals surface area (Å²) >= 11 is 0. The third-order valence-electron chi connectivity index (χ3n) is 3.80. The largest absolute Gasteiger partial charge is 0.382 e. The lowest BCUT2D eigenvalue weighted by atomic mass is 10.1. The second kappa shape index (κ2) is 17.5. The summed E-state index contributed by atoms with van der Waals surface area (Å²) in [5.74, 6) is 0.898. The molecule has 0 spiro atoms. The molecule has 0 aliphatic heterocycles. The minimum atomic E-state index is 0. The van der Waals surface area contributed by atoms with E-state index in [1.807, 2.05) is 0 Å². The first-order valence-electron chi connectivity index (χ1n) is 9.40. The SMILES string of the molecule is CCCCNC(=NCc1ccc(C)cc1)NCCCCOCCOC.I. The van der Waals surface area contributed by atoms with E-state index in [2.05, 4.69) is 48.7 Å². The number of rotatable bonds is 13. The minimum Gasteiger partial charge on any atom is -0.382 e. The number of hydrogen-bond acceptors (Lipinski definition) is 3. The maximum absolute atomic E-state index is 5.48. The highest BCUT2D eigenvalue weighted by Gasteiger charge is 1.99. The number of benzene rings is 1. The number of methoxy groups -OCH3 is 1. The summed E-state index contributed by atoms with van der Waals surface area (Å²) in [5.41, 5.74) is 2.51. The van der Waals surface area contributed by atoms with Crippen LogP contribution in [0.2, 0.25) is 0 Å². The van der Waals surface area contributed by atoms with Crippen molar-refractivity contribution in [3.63, 3.8) is 0 Å². The van der Waals surface area contributed by atoms with Crippen LogP contribution in [-0.4, -0.2) is 46.0 Å². The van der Waals surface area contributed by atoms with E-state index in [-0.39, 0.29) is 24.0 Å². The van der Waals surface area contributed by atoms with Gasteiger partial charge in [0.1, 0.15) is 0 Å². The summed E-state index contributed by atoms with van der Waals surface area (Å²) < 4.78 is 10.4. The Kier molecular flexibility index (Phi) is 17.0. The number of aliphatic imine (C=N–C) groups is 1. The van der Waals surface area contributed by atoms with E-state index in [1.54, 1.807) is 7.11 Å². The first kappa shape index (κ1) is 25.1. The number of nitrogens with one attached hydrogen (secondary N) is 2. The van der Waals surface area contributed by atoms with Crippen molar-refractivity contribution >= 4 is 29.9 Å². The van der Waals surface area contributed by atoms with Gasteiger partial charge < -0.3 is 20.1 Å². The number of nitrogens with zero attached hydrogens (tertiary/aromatic N) is 1. The average Bonchev–Trinajstić information content (AvgIpc) is 2.62.